The van der Waals surface area contributed by atoms with Crippen molar-refractivity contribution in [3.8, 4) is 23.7 Å². The van der Waals surface area contributed by atoms with E-state index in [1.807, 2.05) is 0 Å². The molecule has 0 unspecified atom stereocenters. The van der Waals surface area contributed by atoms with E-state index in [0.29, 0.717) is 0 Å². The van der Waals surface area contributed by atoms with Crippen LogP contribution in [0.15, 0.2) is 49.1 Å². The van der Waals surface area contributed by atoms with E-state index >= 15 is 0 Å². The van der Waals surface area contributed by atoms with Crippen molar-refractivity contribution < 1.29 is 9.13 Å². The van der Waals surface area contributed by atoms with E-state index in [9.17, 15) is 0 Å². The maximum atomic E-state index is 3.38. The highest BCUT2D eigenvalue weighted by Crippen LogP contribution is 2.10. The molecule has 2 nitrogen and oxygen atoms in total. The van der Waals surface area contributed by atoms with Gasteiger partial charge in [-0.05, 0) is 37.8 Å². The Morgan fingerprint density at radius 1 is 0.471 bits per heavy atom. The molecule has 0 aromatic carbocycles. The summed E-state index contributed by atoms with van der Waals surface area (Å²) in [4.78, 5) is 0. The maximum Gasteiger partial charge on any atom is 0.184 e. The number of fused-ring (bicyclic) bond motifs is 4. The SMILES string of the molecule is C1#Cc2ccc[n+](c2)CCCCCCCCCC[n+]2cccc(c2)C#CCCCCCCCC1. The Labute approximate surface area is 208 Å². The summed E-state index contributed by atoms with van der Waals surface area (Å²) in [6.45, 7) is 2.21. The summed E-state index contributed by atoms with van der Waals surface area (Å²) in [7, 11) is 0. The van der Waals surface area contributed by atoms with Crippen molar-refractivity contribution in [3.05, 3.63) is 60.2 Å². The summed E-state index contributed by atoms with van der Waals surface area (Å²) in [6, 6.07) is 8.56. The Kier molecular flexibility index (Phi) is 13.0. The smallest absolute Gasteiger partial charge is 0.184 e. The minimum absolute atomic E-state index is 1.01. The van der Waals surface area contributed by atoms with Crippen molar-refractivity contribution in [3.63, 3.8) is 0 Å². The first kappa shape index (κ1) is 26.0. The number of rotatable bonds is 0. The molecule has 2 aromatic heterocycles. The third-order valence-electron chi connectivity index (χ3n) is 6.62. The molecule has 0 saturated carbocycles. The Morgan fingerprint density at radius 2 is 0.853 bits per heavy atom. The van der Waals surface area contributed by atoms with Gasteiger partial charge in [0, 0.05) is 37.8 Å². The van der Waals surface area contributed by atoms with Crippen molar-refractivity contribution in [2.75, 3.05) is 0 Å². The van der Waals surface area contributed by atoms with Gasteiger partial charge in [-0.25, -0.2) is 9.13 Å². The quantitative estimate of drug-likeness (QED) is 0.300. The van der Waals surface area contributed by atoms with E-state index in [2.05, 4.69) is 81.9 Å². The van der Waals surface area contributed by atoms with E-state index in [-0.39, 0.29) is 0 Å². The monoisotopic (exact) mass is 456 g/mol. The molecule has 34 heavy (non-hydrogen) atoms. The predicted octanol–water partition coefficient (Wildman–Crippen LogP) is 6.92. The summed E-state index contributed by atoms with van der Waals surface area (Å²) in [6.07, 6.45) is 29.1. The lowest BCUT2D eigenvalue weighted by Gasteiger charge is -2.02. The molecule has 2 heteroatoms. The van der Waals surface area contributed by atoms with Gasteiger partial charge in [-0.15, -0.1) is 0 Å². The maximum absolute atomic E-state index is 3.38. The molecule has 0 atom stereocenters. The van der Waals surface area contributed by atoms with Crippen LogP contribution in [0.25, 0.3) is 0 Å². The average Bonchev–Trinajstić information content (AvgIpc) is 2.86. The van der Waals surface area contributed by atoms with Gasteiger partial charge in [0.25, 0.3) is 0 Å². The van der Waals surface area contributed by atoms with Gasteiger partial charge in [-0.3, -0.25) is 0 Å². The molecule has 2 aromatic rings. The molecule has 0 radical (unpaired) electrons. The highest BCUT2D eigenvalue weighted by atomic mass is 14.9. The van der Waals surface area contributed by atoms with Crippen LogP contribution in [0.4, 0.5) is 0 Å². The van der Waals surface area contributed by atoms with Crippen molar-refractivity contribution in [2.45, 2.75) is 116 Å². The van der Waals surface area contributed by atoms with Gasteiger partial charge in [0.1, 0.15) is 13.1 Å². The van der Waals surface area contributed by atoms with Crippen LogP contribution in [0.3, 0.4) is 0 Å². The molecular weight excluding hydrogens is 412 g/mol. The van der Waals surface area contributed by atoms with Gasteiger partial charge in [0.2, 0.25) is 0 Å². The fourth-order valence-electron chi connectivity index (χ4n) is 4.58. The van der Waals surface area contributed by atoms with Gasteiger partial charge < -0.3 is 0 Å². The second kappa shape index (κ2) is 16.9. The third-order valence-corrected chi connectivity index (χ3v) is 6.62. The van der Waals surface area contributed by atoms with E-state index < -0.39 is 0 Å². The summed E-state index contributed by atoms with van der Waals surface area (Å²) >= 11 is 0. The van der Waals surface area contributed by atoms with E-state index in [1.165, 1.54) is 89.9 Å². The zero-order valence-corrected chi connectivity index (χ0v) is 21.2. The molecule has 0 N–H and O–H groups in total. The van der Waals surface area contributed by atoms with Crippen molar-refractivity contribution in [1.29, 1.82) is 0 Å². The lowest BCUT2D eigenvalue weighted by molar-refractivity contribution is -0.697. The topological polar surface area (TPSA) is 7.76 Å². The first-order valence-electron chi connectivity index (χ1n) is 13.9. The molecule has 0 amide bonds. The summed E-state index contributed by atoms with van der Waals surface area (Å²) in [5.41, 5.74) is 2.31. The minimum Gasteiger partial charge on any atom is -0.204 e. The van der Waals surface area contributed by atoms with Gasteiger partial charge in [-0.2, -0.15) is 0 Å². The van der Waals surface area contributed by atoms with E-state index in [4.69, 9.17) is 0 Å². The molecule has 3 rings (SSSR count). The van der Waals surface area contributed by atoms with Crippen LogP contribution in [-0.2, 0) is 13.1 Å². The normalized spacial score (nSPS) is 17.6. The number of hydrogen-bond acceptors (Lipinski definition) is 0. The van der Waals surface area contributed by atoms with Crippen LogP contribution >= 0.6 is 0 Å². The summed E-state index contributed by atoms with van der Waals surface area (Å²) < 4.78 is 4.63. The highest BCUT2D eigenvalue weighted by molar-refractivity contribution is 5.30. The first-order chi connectivity index (χ1) is 16.9. The Hall–Kier alpha value is -2.58. The minimum atomic E-state index is 1.01. The van der Waals surface area contributed by atoms with Gasteiger partial charge in [0.05, 0.1) is 11.1 Å². The largest absolute Gasteiger partial charge is 0.204 e. The van der Waals surface area contributed by atoms with Gasteiger partial charge in [-0.1, -0.05) is 75.0 Å². The van der Waals surface area contributed by atoms with Crippen LogP contribution in [-0.4, -0.2) is 0 Å². The van der Waals surface area contributed by atoms with Crippen molar-refractivity contribution >= 4 is 0 Å². The predicted molar refractivity (Wildman–Crippen MR) is 141 cm³/mol. The summed E-state index contributed by atoms with van der Waals surface area (Å²) in [5.74, 6) is 13.5. The molecule has 4 bridgehead atoms. The Bertz CT molecular complexity index is 874. The molecule has 180 valence electrons. The third kappa shape index (κ3) is 11.5. The first-order valence-corrected chi connectivity index (χ1v) is 13.9. The molecule has 1 aliphatic rings. The zero-order chi connectivity index (χ0) is 23.5. The lowest BCUT2D eigenvalue weighted by Crippen LogP contribution is -2.33. The standard InChI is InChI=1S/C32H44N2/c1-2-4-8-12-16-22-32-24-20-28-34(30-32)26-18-14-10-6-5-9-13-17-25-33-27-19-23-31(29-33)21-15-11-7-3-1/h19-20,23-24,27-30H,1-14,17-18,25-26H2/q+2. The Balaban J connectivity index is 1.46. The fraction of sp³-hybridized carbons (Fsp3) is 0.562. The highest BCUT2D eigenvalue weighted by Gasteiger charge is 2.03. The van der Waals surface area contributed by atoms with Crippen molar-refractivity contribution in [1.82, 2.24) is 0 Å². The van der Waals surface area contributed by atoms with Gasteiger partial charge >= 0.3 is 0 Å². The molecule has 1 aliphatic heterocycles. The van der Waals surface area contributed by atoms with Gasteiger partial charge in [0.15, 0.2) is 24.8 Å². The molecule has 3 heterocycles. The average molecular weight is 457 g/mol. The lowest BCUT2D eigenvalue weighted by atomic mass is 10.1. The number of aryl methyl sites for hydroxylation is 2. The molecule has 0 spiro atoms. The Morgan fingerprint density at radius 3 is 1.29 bits per heavy atom. The molecular formula is C32H44N2+2. The second-order valence-electron chi connectivity index (χ2n) is 9.71. The second-order valence-corrected chi connectivity index (χ2v) is 9.71. The fourth-order valence-corrected chi connectivity index (χ4v) is 4.58. The van der Waals surface area contributed by atoms with Crippen molar-refractivity contribution in [2.24, 2.45) is 0 Å². The van der Waals surface area contributed by atoms with Crippen LogP contribution in [0.2, 0.25) is 0 Å². The summed E-state index contributed by atoms with van der Waals surface area (Å²) in [5, 5.41) is 0. The number of pyridine rings is 2. The van der Waals surface area contributed by atoms with E-state index in [0.717, 1.165) is 37.1 Å². The molecule has 0 aliphatic carbocycles. The van der Waals surface area contributed by atoms with Crippen LogP contribution in [0.1, 0.15) is 114 Å². The number of nitrogens with zero attached hydrogens (tertiary/aromatic N) is 2. The molecule has 0 fully saturated rings. The zero-order valence-electron chi connectivity index (χ0n) is 21.2. The number of hydrogen-bond donors (Lipinski definition) is 0. The van der Waals surface area contributed by atoms with Crippen LogP contribution in [0, 0.1) is 23.7 Å². The van der Waals surface area contributed by atoms with Crippen LogP contribution in [0.5, 0.6) is 0 Å². The number of aromatic nitrogens is 2. The van der Waals surface area contributed by atoms with E-state index in [1.54, 1.807) is 0 Å². The molecule has 0 saturated heterocycles. The van der Waals surface area contributed by atoms with Crippen LogP contribution < -0.4 is 9.13 Å².